The quantitative estimate of drug-likeness (QED) is 0.764. The third kappa shape index (κ3) is 3.04. The smallest absolute Gasteiger partial charge is 0.229 e. The first kappa shape index (κ1) is 17.9. The molecule has 2 aromatic rings. The summed E-state index contributed by atoms with van der Waals surface area (Å²) < 4.78 is 1.96. The minimum absolute atomic E-state index is 0.0795. The van der Waals surface area contributed by atoms with Crippen LogP contribution in [0.2, 0.25) is 0 Å². The molecule has 28 heavy (non-hydrogen) atoms. The molecule has 5 rings (SSSR count). The van der Waals surface area contributed by atoms with Crippen LogP contribution in [0.25, 0.3) is 5.65 Å². The molecule has 150 valence electrons. The maximum Gasteiger partial charge on any atom is 0.229 e. The molecule has 5 heterocycles. The summed E-state index contributed by atoms with van der Waals surface area (Å²) in [5.74, 6) is 1.52. The highest BCUT2D eigenvalue weighted by Gasteiger charge is 2.39. The molecule has 0 aromatic carbocycles. The van der Waals surface area contributed by atoms with Gasteiger partial charge in [-0.3, -0.25) is 4.79 Å². The van der Waals surface area contributed by atoms with Gasteiger partial charge in [0.2, 0.25) is 5.91 Å². The summed E-state index contributed by atoms with van der Waals surface area (Å²) in [7, 11) is 0. The zero-order chi connectivity index (χ0) is 19.3. The lowest BCUT2D eigenvalue weighted by atomic mass is 9.95. The van der Waals surface area contributed by atoms with Crippen LogP contribution in [0.4, 0.5) is 5.82 Å². The lowest BCUT2D eigenvalue weighted by Gasteiger charge is -2.45. The van der Waals surface area contributed by atoms with Gasteiger partial charge >= 0.3 is 0 Å². The number of aromatic nitrogens is 3. The van der Waals surface area contributed by atoms with E-state index in [1.54, 1.807) is 0 Å². The number of carbonyl (C=O) groups is 1. The molecule has 2 unspecified atom stereocenters. The highest BCUT2D eigenvalue weighted by molar-refractivity contribution is 5.82. The van der Waals surface area contributed by atoms with E-state index < -0.39 is 0 Å². The summed E-state index contributed by atoms with van der Waals surface area (Å²) in [6.45, 7) is 9.37. The SMILES string of the molecule is CC1CN(C(=O)C2CN(c3c4c(nc5ccnn35)CCNCC4)C2)CC(C)N1. The monoisotopic (exact) mass is 383 g/mol. The van der Waals surface area contributed by atoms with E-state index in [2.05, 4.69) is 34.5 Å². The van der Waals surface area contributed by atoms with Gasteiger partial charge in [-0.05, 0) is 26.8 Å². The Balaban J connectivity index is 1.37. The number of anilines is 1. The summed E-state index contributed by atoms with van der Waals surface area (Å²) in [6.07, 6.45) is 3.71. The maximum absolute atomic E-state index is 13.0. The van der Waals surface area contributed by atoms with Gasteiger partial charge in [0.05, 0.1) is 17.8 Å². The number of hydrogen-bond donors (Lipinski definition) is 2. The molecule has 2 saturated heterocycles. The topological polar surface area (TPSA) is 77.8 Å². The number of hydrogen-bond acceptors (Lipinski definition) is 6. The first-order valence-electron chi connectivity index (χ1n) is 10.5. The van der Waals surface area contributed by atoms with E-state index in [0.717, 1.165) is 63.6 Å². The third-order valence-corrected chi connectivity index (χ3v) is 6.18. The second kappa shape index (κ2) is 7.00. The zero-order valence-corrected chi connectivity index (χ0v) is 16.7. The van der Waals surface area contributed by atoms with Gasteiger partial charge < -0.3 is 20.4 Å². The van der Waals surface area contributed by atoms with E-state index in [-0.39, 0.29) is 5.92 Å². The van der Waals surface area contributed by atoms with E-state index in [1.807, 2.05) is 21.7 Å². The fourth-order valence-corrected chi connectivity index (χ4v) is 4.91. The van der Waals surface area contributed by atoms with Crippen molar-refractivity contribution in [3.63, 3.8) is 0 Å². The van der Waals surface area contributed by atoms with Crippen LogP contribution in [0, 0.1) is 5.92 Å². The van der Waals surface area contributed by atoms with Crippen LogP contribution in [0.1, 0.15) is 25.1 Å². The largest absolute Gasteiger partial charge is 0.354 e. The maximum atomic E-state index is 13.0. The molecule has 2 N–H and O–H groups in total. The number of nitrogens with one attached hydrogen (secondary N) is 2. The van der Waals surface area contributed by atoms with Crippen LogP contribution in [-0.4, -0.2) is 76.8 Å². The van der Waals surface area contributed by atoms with Crippen LogP contribution in [0.3, 0.4) is 0 Å². The molecular formula is C20H29N7O. The molecule has 2 atom stereocenters. The van der Waals surface area contributed by atoms with Gasteiger partial charge in [0.25, 0.3) is 0 Å². The summed E-state index contributed by atoms with van der Waals surface area (Å²) in [4.78, 5) is 22.2. The Kier molecular flexibility index (Phi) is 4.47. The van der Waals surface area contributed by atoms with E-state index in [1.165, 1.54) is 11.3 Å². The summed E-state index contributed by atoms with van der Waals surface area (Å²) in [6, 6.07) is 2.68. The standard InChI is InChI=1S/C20H29N7O/c1-13-9-26(10-14(2)23-13)20(28)15-11-25(12-15)19-16-3-6-21-7-4-17(16)24-18-5-8-22-27(18)19/h5,8,13-15,21,23H,3-4,6-7,9-12H2,1-2H3. The summed E-state index contributed by atoms with van der Waals surface area (Å²) in [5, 5.41) is 11.5. The minimum Gasteiger partial charge on any atom is -0.354 e. The average Bonchev–Trinajstić information content (AvgIpc) is 2.95. The second-order valence-corrected chi connectivity index (χ2v) is 8.53. The van der Waals surface area contributed by atoms with Gasteiger partial charge in [-0.1, -0.05) is 0 Å². The minimum atomic E-state index is 0.0795. The number of nitrogens with zero attached hydrogens (tertiary/aromatic N) is 5. The molecule has 1 amide bonds. The predicted molar refractivity (Wildman–Crippen MR) is 108 cm³/mol. The molecule has 2 fully saturated rings. The van der Waals surface area contributed by atoms with Gasteiger partial charge in [0.1, 0.15) is 5.82 Å². The Morgan fingerprint density at radius 2 is 1.86 bits per heavy atom. The third-order valence-electron chi connectivity index (χ3n) is 6.18. The van der Waals surface area contributed by atoms with Gasteiger partial charge in [0, 0.05) is 62.9 Å². The van der Waals surface area contributed by atoms with E-state index in [9.17, 15) is 4.79 Å². The van der Waals surface area contributed by atoms with Crippen LogP contribution in [0.5, 0.6) is 0 Å². The number of piperazine rings is 1. The van der Waals surface area contributed by atoms with E-state index in [0.29, 0.717) is 18.0 Å². The van der Waals surface area contributed by atoms with Crippen LogP contribution < -0.4 is 15.5 Å². The Hall–Kier alpha value is -2.19. The number of carbonyl (C=O) groups excluding carboxylic acids is 1. The van der Waals surface area contributed by atoms with Crippen LogP contribution >= 0.6 is 0 Å². The van der Waals surface area contributed by atoms with Gasteiger partial charge in [-0.2, -0.15) is 9.61 Å². The molecule has 3 aliphatic rings. The molecule has 8 nitrogen and oxygen atoms in total. The molecule has 0 radical (unpaired) electrons. The molecule has 3 aliphatic heterocycles. The lowest BCUT2D eigenvalue weighted by Crippen LogP contribution is -2.61. The predicted octanol–water partition coefficient (Wildman–Crippen LogP) is 0.0625. The van der Waals surface area contributed by atoms with Crippen molar-refractivity contribution in [2.45, 2.75) is 38.8 Å². The van der Waals surface area contributed by atoms with Gasteiger partial charge in [-0.25, -0.2) is 4.98 Å². The van der Waals surface area contributed by atoms with Crippen molar-refractivity contribution in [1.29, 1.82) is 0 Å². The second-order valence-electron chi connectivity index (χ2n) is 8.53. The average molecular weight is 384 g/mol. The molecule has 0 saturated carbocycles. The highest BCUT2D eigenvalue weighted by Crippen LogP contribution is 2.32. The molecule has 0 bridgehead atoms. The Morgan fingerprint density at radius 3 is 2.64 bits per heavy atom. The summed E-state index contributed by atoms with van der Waals surface area (Å²) >= 11 is 0. The van der Waals surface area contributed by atoms with Crippen molar-refractivity contribution in [2.24, 2.45) is 5.92 Å². The molecule has 2 aromatic heterocycles. The Bertz CT molecular complexity index is 878. The van der Waals surface area contributed by atoms with Crippen molar-refractivity contribution in [1.82, 2.24) is 30.1 Å². The molecular weight excluding hydrogens is 354 g/mol. The van der Waals surface area contributed by atoms with Gasteiger partial charge in [-0.15, -0.1) is 0 Å². The number of fused-ring (bicyclic) bond motifs is 2. The molecule has 0 aliphatic carbocycles. The van der Waals surface area contributed by atoms with Crippen LogP contribution in [-0.2, 0) is 17.6 Å². The van der Waals surface area contributed by atoms with Crippen molar-refractivity contribution < 1.29 is 4.79 Å². The zero-order valence-electron chi connectivity index (χ0n) is 16.7. The lowest BCUT2D eigenvalue weighted by molar-refractivity contribution is -0.138. The Morgan fingerprint density at radius 1 is 1.11 bits per heavy atom. The van der Waals surface area contributed by atoms with E-state index >= 15 is 0 Å². The number of rotatable bonds is 2. The fraction of sp³-hybridized carbons (Fsp3) is 0.650. The van der Waals surface area contributed by atoms with Gasteiger partial charge in [0.15, 0.2) is 5.65 Å². The Labute approximate surface area is 165 Å². The van der Waals surface area contributed by atoms with E-state index in [4.69, 9.17) is 4.98 Å². The summed E-state index contributed by atoms with van der Waals surface area (Å²) in [5.41, 5.74) is 3.36. The normalized spacial score (nSPS) is 26.1. The van der Waals surface area contributed by atoms with Crippen molar-refractivity contribution in [3.05, 3.63) is 23.5 Å². The van der Waals surface area contributed by atoms with Crippen molar-refractivity contribution in [2.75, 3.05) is 44.2 Å². The van der Waals surface area contributed by atoms with Crippen molar-refractivity contribution >= 4 is 17.4 Å². The van der Waals surface area contributed by atoms with Crippen molar-refractivity contribution in [3.8, 4) is 0 Å². The molecule has 8 heteroatoms. The first-order valence-corrected chi connectivity index (χ1v) is 10.5. The molecule has 0 spiro atoms. The van der Waals surface area contributed by atoms with Crippen LogP contribution in [0.15, 0.2) is 12.3 Å². The number of amides is 1. The highest BCUT2D eigenvalue weighted by atomic mass is 16.2. The fourth-order valence-electron chi connectivity index (χ4n) is 4.91. The first-order chi connectivity index (χ1) is 13.6.